The highest BCUT2D eigenvalue weighted by Crippen LogP contribution is 2.58. The summed E-state index contributed by atoms with van der Waals surface area (Å²) >= 11 is 0. The second-order valence-electron chi connectivity index (χ2n) is 5.59. The number of ether oxygens (including phenoxy) is 2. The standard InChI is InChI=1S/C15H17NO5/c1-20-10-4-3-9(12(5-10)21-2)7-16-8-15(14(18)19)6-11(15)13(16)17/h3-5,11H,6-8H2,1-2H3,(H,18,19). The van der Waals surface area contributed by atoms with Crippen molar-refractivity contribution in [3.05, 3.63) is 23.8 Å². The summed E-state index contributed by atoms with van der Waals surface area (Å²) in [6.45, 7) is 0.637. The van der Waals surface area contributed by atoms with Gasteiger partial charge in [0, 0.05) is 24.7 Å². The molecule has 1 heterocycles. The number of carboxylic acids is 1. The van der Waals surface area contributed by atoms with E-state index in [4.69, 9.17) is 9.47 Å². The third-order valence-electron chi connectivity index (χ3n) is 4.44. The molecule has 2 fully saturated rings. The van der Waals surface area contributed by atoms with Gasteiger partial charge in [-0.2, -0.15) is 0 Å². The number of aliphatic carboxylic acids is 1. The molecule has 1 saturated carbocycles. The number of hydrogen-bond donors (Lipinski definition) is 1. The zero-order valence-electron chi connectivity index (χ0n) is 12.0. The lowest BCUT2D eigenvalue weighted by atomic mass is 10.1. The van der Waals surface area contributed by atoms with Gasteiger partial charge in [0.15, 0.2) is 0 Å². The van der Waals surface area contributed by atoms with E-state index in [1.807, 2.05) is 6.07 Å². The molecule has 1 saturated heterocycles. The van der Waals surface area contributed by atoms with Crippen LogP contribution in [0.25, 0.3) is 0 Å². The van der Waals surface area contributed by atoms with Crippen LogP contribution >= 0.6 is 0 Å². The van der Waals surface area contributed by atoms with Crippen molar-refractivity contribution in [1.29, 1.82) is 0 Å². The maximum atomic E-state index is 12.2. The number of piperidine rings is 1. The van der Waals surface area contributed by atoms with Gasteiger partial charge in [0.05, 0.1) is 25.6 Å². The number of benzene rings is 1. The number of fused-ring (bicyclic) bond motifs is 1. The average molecular weight is 291 g/mol. The van der Waals surface area contributed by atoms with Crippen LogP contribution in [0.15, 0.2) is 18.2 Å². The van der Waals surface area contributed by atoms with Crippen molar-refractivity contribution < 1.29 is 24.2 Å². The highest BCUT2D eigenvalue weighted by Gasteiger charge is 2.70. The molecule has 1 aliphatic heterocycles. The number of nitrogens with zero attached hydrogens (tertiary/aromatic N) is 1. The van der Waals surface area contributed by atoms with Crippen molar-refractivity contribution >= 4 is 11.9 Å². The molecule has 21 heavy (non-hydrogen) atoms. The van der Waals surface area contributed by atoms with E-state index in [1.165, 1.54) is 0 Å². The summed E-state index contributed by atoms with van der Waals surface area (Å²) in [5.41, 5.74) is -0.00921. The lowest BCUT2D eigenvalue weighted by Gasteiger charge is -2.21. The van der Waals surface area contributed by atoms with E-state index in [0.717, 1.165) is 5.56 Å². The van der Waals surface area contributed by atoms with Crippen LogP contribution in [0.1, 0.15) is 12.0 Å². The number of methoxy groups -OCH3 is 2. The fourth-order valence-electron chi connectivity index (χ4n) is 3.07. The summed E-state index contributed by atoms with van der Waals surface area (Å²) in [6, 6.07) is 5.39. The van der Waals surface area contributed by atoms with Crippen LogP contribution in [0.4, 0.5) is 0 Å². The minimum absolute atomic E-state index is 0.0738. The SMILES string of the molecule is COc1ccc(CN2CC3(C(=O)O)CC3C2=O)c(OC)c1. The fraction of sp³-hybridized carbons (Fsp3) is 0.467. The first kappa shape index (κ1) is 13.7. The van der Waals surface area contributed by atoms with E-state index in [2.05, 4.69) is 0 Å². The minimum Gasteiger partial charge on any atom is -0.497 e. The second kappa shape index (κ2) is 4.65. The Labute approximate surface area is 122 Å². The number of carbonyl (C=O) groups is 2. The van der Waals surface area contributed by atoms with Crippen molar-refractivity contribution in [3.8, 4) is 11.5 Å². The van der Waals surface area contributed by atoms with Crippen LogP contribution in [0, 0.1) is 11.3 Å². The van der Waals surface area contributed by atoms with Crippen molar-refractivity contribution in [2.45, 2.75) is 13.0 Å². The lowest BCUT2D eigenvalue weighted by molar-refractivity contribution is -0.143. The van der Waals surface area contributed by atoms with Gasteiger partial charge >= 0.3 is 5.97 Å². The van der Waals surface area contributed by atoms with E-state index in [9.17, 15) is 14.7 Å². The largest absolute Gasteiger partial charge is 0.497 e. The van der Waals surface area contributed by atoms with E-state index in [0.29, 0.717) is 24.5 Å². The predicted octanol–water partition coefficient (Wildman–Crippen LogP) is 1.14. The molecule has 3 rings (SSSR count). The van der Waals surface area contributed by atoms with Crippen LogP contribution in [0.3, 0.4) is 0 Å². The number of rotatable bonds is 5. The normalized spacial score (nSPS) is 26.5. The van der Waals surface area contributed by atoms with Crippen LogP contribution in [-0.2, 0) is 16.1 Å². The Morgan fingerprint density at radius 2 is 2.19 bits per heavy atom. The molecule has 0 spiro atoms. The number of likely N-dealkylation sites (tertiary alicyclic amines) is 1. The first-order chi connectivity index (χ1) is 10.0. The second-order valence-corrected chi connectivity index (χ2v) is 5.59. The quantitative estimate of drug-likeness (QED) is 0.880. The van der Waals surface area contributed by atoms with Crippen LogP contribution < -0.4 is 9.47 Å². The highest BCUT2D eigenvalue weighted by molar-refractivity contribution is 5.96. The van der Waals surface area contributed by atoms with Crippen molar-refractivity contribution in [1.82, 2.24) is 4.90 Å². The molecule has 1 amide bonds. The van der Waals surface area contributed by atoms with Crippen LogP contribution in [0.2, 0.25) is 0 Å². The van der Waals surface area contributed by atoms with Gasteiger partial charge in [-0.25, -0.2) is 0 Å². The summed E-state index contributed by atoms with van der Waals surface area (Å²) in [5.74, 6) is 0.0138. The number of amides is 1. The van der Waals surface area contributed by atoms with Gasteiger partial charge in [-0.05, 0) is 18.6 Å². The van der Waals surface area contributed by atoms with Gasteiger partial charge in [0.1, 0.15) is 11.5 Å². The Morgan fingerprint density at radius 3 is 2.76 bits per heavy atom. The number of carbonyl (C=O) groups excluding carboxylic acids is 1. The van der Waals surface area contributed by atoms with Crippen LogP contribution in [-0.4, -0.2) is 42.6 Å². The maximum absolute atomic E-state index is 12.2. The summed E-state index contributed by atoms with van der Waals surface area (Å²) in [4.78, 5) is 25.1. The van der Waals surface area contributed by atoms with Crippen molar-refractivity contribution in [2.24, 2.45) is 11.3 Å². The van der Waals surface area contributed by atoms with Crippen molar-refractivity contribution in [3.63, 3.8) is 0 Å². The Hall–Kier alpha value is -2.24. The van der Waals surface area contributed by atoms with Gasteiger partial charge < -0.3 is 19.5 Å². The summed E-state index contributed by atoms with van der Waals surface area (Å²) < 4.78 is 10.4. The minimum atomic E-state index is -0.870. The van der Waals surface area contributed by atoms with Gasteiger partial charge in [0.2, 0.25) is 5.91 Å². The predicted molar refractivity (Wildman–Crippen MR) is 73.1 cm³/mol. The monoisotopic (exact) mass is 291 g/mol. The molecule has 2 aliphatic rings. The average Bonchev–Trinajstić information content (AvgIpc) is 3.15. The maximum Gasteiger partial charge on any atom is 0.312 e. The summed E-state index contributed by atoms with van der Waals surface area (Å²) in [5, 5.41) is 9.26. The molecule has 2 unspecified atom stereocenters. The van der Waals surface area contributed by atoms with E-state index in [1.54, 1.807) is 31.3 Å². The number of hydrogen-bond acceptors (Lipinski definition) is 4. The molecule has 1 aromatic carbocycles. The Morgan fingerprint density at radius 1 is 1.43 bits per heavy atom. The third-order valence-corrected chi connectivity index (χ3v) is 4.44. The topological polar surface area (TPSA) is 76.1 Å². The zero-order valence-corrected chi connectivity index (χ0v) is 12.0. The molecule has 0 aromatic heterocycles. The van der Waals surface area contributed by atoms with Gasteiger partial charge in [-0.1, -0.05) is 0 Å². The summed E-state index contributed by atoms with van der Waals surface area (Å²) in [6.07, 6.45) is 0.470. The van der Waals surface area contributed by atoms with E-state index >= 15 is 0 Å². The first-order valence-electron chi connectivity index (χ1n) is 6.75. The van der Waals surface area contributed by atoms with Gasteiger partial charge in [-0.15, -0.1) is 0 Å². The van der Waals surface area contributed by atoms with Crippen molar-refractivity contribution in [2.75, 3.05) is 20.8 Å². The molecular formula is C15H17NO5. The fourth-order valence-corrected chi connectivity index (χ4v) is 3.07. The van der Waals surface area contributed by atoms with Crippen LogP contribution in [0.5, 0.6) is 11.5 Å². The molecule has 112 valence electrons. The molecule has 2 atom stereocenters. The molecule has 6 heteroatoms. The smallest absolute Gasteiger partial charge is 0.312 e. The number of carboxylic acid groups (broad SMARTS) is 1. The highest BCUT2D eigenvalue weighted by atomic mass is 16.5. The first-order valence-corrected chi connectivity index (χ1v) is 6.75. The molecule has 0 radical (unpaired) electrons. The van der Waals surface area contributed by atoms with E-state index in [-0.39, 0.29) is 18.4 Å². The molecule has 0 bridgehead atoms. The van der Waals surface area contributed by atoms with E-state index < -0.39 is 11.4 Å². The lowest BCUT2D eigenvalue weighted by Crippen LogP contribution is -2.31. The zero-order chi connectivity index (χ0) is 15.2. The molecule has 6 nitrogen and oxygen atoms in total. The Bertz CT molecular complexity index is 614. The molecule has 1 aliphatic carbocycles. The third kappa shape index (κ3) is 2.02. The molecule has 1 N–H and O–H groups in total. The Kier molecular flexibility index (Phi) is 3.04. The van der Waals surface area contributed by atoms with Gasteiger partial charge in [-0.3, -0.25) is 9.59 Å². The summed E-state index contributed by atoms with van der Waals surface area (Å²) in [7, 11) is 3.13. The molecule has 1 aromatic rings. The molecular weight excluding hydrogens is 274 g/mol. The van der Waals surface area contributed by atoms with Gasteiger partial charge in [0.25, 0.3) is 0 Å². The Balaban J connectivity index is 1.79.